The Morgan fingerprint density at radius 3 is 2.40 bits per heavy atom. The molecule has 3 aromatic rings. The highest BCUT2D eigenvalue weighted by Crippen LogP contribution is 2.29. The molecule has 7 heteroatoms. The van der Waals surface area contributed by atoms with Gasteiger partial charge in [0.25, 0.3) is 5.91 Å². The molecule has 154 valence electrons. The SMILES string of the molecule is COc1ccc(/C=N/NC(=O)c2ccc(OCc3ccccc3)c(OC)c2)cc1Cl. The molecule has 0 saturated heterocycles. The lowest BCUT2D eigenvalue weighted by Gasteiger charge is -2.12. The molecule has 30 heavy (non-hydrogen) atoms. The zero-order valence-electron chi connectivity index (χ0n) is 16.6. The normalized spacial score (nSPS) is 10.6. The number of amides is 1. The minimum Gasteiger partial charge on any atom is -0.495 e. The van der Waals surface area contributed by atoms with Crippen LogP contribution in [0.1, 0.15) is 21.5 Å². The number of halogens is 1. The van der Waals surface area contributed by atoms with Crippen LogP contribution in [-0.2, 0) is 6.61 Å². The van der Waals surface area contributed by atoms with Crippen LogP contribution in [-0.4, -0.2) is 26.3 Å². The summed E-state index contributed by atoms with van der Waals surface area (Å²) in [5.41, 5.74) is 4.64. The molecule has 0 heterocycles. The molecule has 0 aliphatic carbocycles. The zero-order chi connectivity index (χ0) is 21.3. The summed E-state index contributed by atoms with van der Waals surface area (Å²) < 4.78 is 16.3. The number of carbonyl (C=O) groups is 1. The van der Waals surface area contributed by atoms with E-state index < -0.39 is 0 Å². The van der Waals surface area contributed by atoms with Crippen LogP contribution in [0.3, 0.4) is 0 Å². The molecule has 3 rings (SSSR count). The molecule has 0 atom stereocenters. The lowest BCUT2D eigenvalue weighted by Crippen LogP contribution is -2.17. The second kappa shape index (κ2) is 10.3. The van der Waals surface area contributed by atoms with Crippen molar-refractivity contribution in [3.8, 4) is 17.2 Å². The molecule has 1 amide bonds. The van der Waals surface area contributed by atoms with Crippen molar-refractivity contribution in [3.05, 3.63) is 88.4 Å². The molecule has 1 N–H and O–H groups in total. The van der Waals surface area contributed by atoms with Gasteiger partial charge in [-0.3, -0.25) is 4.79 Å². The maximum atomic E-state index is 12.4. The number of ether oxygens (including phenoxy) is 3. The van der Waals surface area contributed by atoms with E-state index in [-0.39, 0.29) is 5.91 Å². The highest BCUT2D eigenvalue weighted by atomic mass is 35.5. The number of nitrogens with zero attached hydrogens (tertiary/aromatic N) is 1. The fourth-order valence-corrected chi connectivity index (χ4v) is 2.92. The fourth-order valence-electron chi connectivity index (χ4n) is 2.66. The first-order valence-electron chi connectivity index (χ1n) is 9.12. The maximum Gasteiger partial charge on any atom is 0.271 e. The molecule has 0 unspecified atom stereocenters. The Morgan fingerprint density at radius 2 is 1.70 bits per heavy atom. The molecule has 0 aromatic heterocycles. The number of nitrogens with one attached hydrogen (secondary N) is 1. The minimum atomic E-state index is -0.376. The molecule has 0 fully saturated rings. The van der Waals surface area contributed by atoms with Crippen LogP contribution in [0, 0.1) is 0 Å². The van der Waals surface area contributed by atoms with E-state index in [1.807, 2.05) is 30.3 Å². The van der Waals surface area contributed by atoms with Gasteiger partial charge in [0, 0.05) is 5.56 Å². The van der Waals surface area contributed by atoms with Gasteiger partial charge in [-0.05, 0) is 47.5 Å². The van der Waals surface area contributed by atoms with Gasteiger partial charge in [0.05, 0.1) is 25.5 Å². The van der Waals surface area contributed by atoms with E-state index in [1.54, 1.807) is 43.5 Å². The highest BCUT2D eigenvalue weighted by molar-refractivity contribution is 6.32. The van der Waals surface area contributed by atoms with Gasteiger partial charge in [0.1, 0.15) is 12.4 Å². The molecular formula is C23H21ClN2O4. The van der Waals surface area contributed by atoms with Gasteiger partial charge < -0.3 is 14.2 Å². The average molecular weight is 425 g/mol. The van der Waals surface area contributed by atoms with Gasteiger partial charge >= 0.3 is 0 Å². The molecule has 0 saturated carbocycles. The van der Waals surface area contributed by atoms with Crippen LogP contribution in [0.5, 0.6) is 17.2 Å². The second-order valence-corrected chi connectivity index (χ2v) is 6.64. The first-order valence-corrected chi connectivity index (χ1v) is 9.50. The van der Waals surface area contributed by atoms with Crippen molar-refractivity contribution in [2.75, 3.05) is 14.2 Å². The van der Waals surface area contributed by atoms with E-state index in [0.29, 0.717) is 34.4 Å². The molecular weight excluding hydrogens is 404 g/mol. The fraction of sp³-hybridized carbons (Fsp3) is 0.130. The van der Waals surface area contributed by atoms with E-state index in [1.165, 1.54) is 13.3 Å². The average Bonchev–Trinajstić information content (AvgIpc) is 2.78. The first kappa shape index (κ1) is 21.2. The van der Waals surface area contributed by atoms with Crippen LogP contribution >= 0.6 is 11.6 Å². The van der Waals surface area contributed by atoms with E-state index in [0.717, 1.165) is 11.1 Å². The number of rotatable bonds is 8. The third-order valence-electron chi connectivity index (χ3n) is 4.22. The molecule has 6 nitrogen and oxygen atoms in total. The summed E-state index contributed by atoms with van der Waals surface area (Å²) in [7, 11) is 3.07. The zero-order valence-corrected chi connectivity index (χ0v) is 17.3. The van der Waals surface area contributed by atoms with Gasteiger partial charge in [-0.15, -0.1) is 0 Å². The molecule has 0 spiro atoms. The van der Waals surface area contributed by atoms with E-state index in [4.69, 9.17) is 25.8 Å². The Morgan fingerprint density at radius 1 is 0.967 bits per heavy atom. The molecule has 0 aliphatic heterocycles. The summed E-state index contributed by atoms with van der Waals surface area (Å²) in [5, 5.41) is 4.43. The van der Waals surface area contributed by atoms with Crippen molar-refractivity contribution < 1.29 is 19.0 Å². The minimum absolute atomic E-state index is 0.376. The van der Waals surface area contributed by atoms with Crippen molar-refractivity contribution in [1.82, 2.24) is 5.43 Å². The monoisotopic (exact) mass is 424 g/mol. The third kappa shape index (κ3) is 5.52. The number of methoxy groups -OCH3 is 2. The molecule has 0 bridgehead atoms. The Hall–Kier alpha value is -3.51. The summed E-state index contributed by atoms with van der Waals surface area (Å²) in [6, 6.07) is 19.9. The van der Waals surface area contributed by atoms with Gasteiger partial charge in [-0.1, -0.05) is 41.9 Å². The quantitative estimate of drug-likeness (QED) is 0.420. The Kier molecular flexibility index (Phi) is 7.29. The Labute approximate surface area is 180 Å². The molecule has 0 aliphatic rings. The Balaban J connectivity index is 1.63. The topological polar surface area (TPSA) is 69.2 Å². The van der Waals surface area contributed by atoms with Crippen molar-refractivity contribution in [2.45, 2.75) is 6.61 Å². The van der Waals surface area contributed by atoms with Gasteiger partial charge in [0.2, 0.25) is 0 Å². The largest absolute Gasteiger partial charge is 0.495 e. The van der Waals surface area contributed by atoms with Gasteiger partial charge in [-0.2, -0.15) is 5.10 Å². The number of hydrogen-bond donors (Lipinski definition) is 1. The number of benzene rings is 3. The summed E-state index contributed by atoms with van der Waals surface area (Å²) in [6.07, 6.45) is 1.50. The number of hydrazone groups is 1. The Bertz CT molecular complexity index is 1040. The predicted octanol–water partition coefficient (Wildman–Crippen LogP) is 4.70. The van der Waals surface area contributed by atoms with E-state index in [2.05, 4.69) is 10.5 Å². The van der Waals surface area contributed by atoms with E-state index in [9.17, 15) is 4.79 Å². The van der Waals surface area contributed by atoms with Crippen molar-refractivity contribution in [3.63, 3.8) is 0 Å². The third-order valence-corrected chi connectivity index (χ3v) is 4.51. The number of hydrogen-bond acceptors (Lipinski definition) is 5. The lowest BCUT2D eigenvalue weighted by molar-refractivity contribution is 0.0954. The van der Waals surface area contributed by atoms with Gasteiger partial charge in [0.15, 0.2) is 11.5 Å². The van der Waals surface area contributed by atoms with Crippen LogP contribution < -0.4 is 19.6 Å². The number of carbonyl (C=O) groups excluding carboxylic acids is 1. The molecule has 0 radical (unpaired) electrons. The lowest BCUT2D eigenvalue weighted by atomic mass is 10.2. The smallest absolute Gasteiger partial charge is 0.271 e. The van der Waals surface area contributed by atoms with Crippen LogP contribution in [0.4, 0.5) is 0 Å². The van der Waals surface area contributed by atoms with Crippen LogP contribution in [0.2, 0.25) is 5.02 Å². The van der Waals surface area contributed by atoms with Crippen molar-refractivity contribution >= 4 is 23.7 Å². The maximum absolute atomic E-state index is 12.4. The van der Waals surface area contributed by atoms with E-state index >= 15 is 0 Å². The molecule has 3 aromatic carbocycles. The van der Waals surface area contributed by atoms with Crippen molar-refractivity contribution in [2.24, 2.45) is 5.10 Å². The summed E-state index contributed by atoms with van der Waals surface area (Å²) in [6.45, 7) is 0.400. The summed E-state index contributed by atoms with van der Waals surface area (Å²) >= 11 is 6.08. The van der Waals surface area contributed by atoms with Crippen LogP contribution in [0.15, 0.2) is 71.8 Å². The highest BCUT2D eigenvalue weighted by Gasteiger charge is 2.11. The van der Waals surface area contributed by atoms with Crippen molar-refractivity contribution in [1.29, 1.82) is 0 Å². The predicted molar refractivity (Wildman–Crippen MR) is 117 cm³/mol. The van der Waals surface area contributed by atoms with Gasteiger partial charge in [-0.25, -0.2) is 5.43 Å². The summed E-state index contributed by atoms with van der Waals surface area (Å²) in [4.78, 5) is 12.4. The van der Waals surface area contributed by atoms with Crippen LogP contribution in [0.25, 0.3) is 0 Å². The standard InChI is InChI=1S/C23H21ClN2O4/c1-28-20-10-8-17(12-19(20)24)14-25-26-23(27)18-9-11-21(22(13-18)29-2)30-15-16-6-4-3-5-7-16/h3-14H,15H2,1-2H3,(H,26,27)/b25-14+. The summed E-state index contributed by atoms with van der Waals surface area (Å²) in [5.74, 6) is 1.21. The second-order valence-electron chi connectivity index (χ2n) is 6.23. The first-order chi connectivity index (χ1) is 14.6.